The molecular weight excluding hydrogens is 216 g/mol. The van der Waals surface area contributed by atoms with Gasteiger partial charge in [-0.2, -0.15) is 0 Å². The van der Waals surface area contributed by atoms with Crippen molar-refractivity contribution in [2.24, 2.45) is 5.73 Å². The average molecular weight is 229 g/mol. The first-order valence-electron chi connectivity index (χ1n) is 4.49. The number of nitrogens with two attached hydrogens (primary N) is 1. The summed E-state index contributed by atoms with van der Waals surface area (Å²) in [6, 6.07) is 5.53. The Morgan fingerprint density at radius 3 is 2.93 bits per heavy atom. The topological polar surface area (TPSA) is 64.3 Å². The minimum atomic E-state index is -0.126. The van der Waals surface area contributed by atoms with Gasteiger partial charge >= 0.3 is 0 Å². The van der Waals surface area contributed by atoms with E-state index in [1.165, 1.54) is 0 Å². The second kappa shape index (κ2) is 4.51. The summed E-state index contributed by atoms with van der Waals surface area (Å²) < 4.78 is 5.22. The van der Waals surface area contributed by atoms with E-state index in [9.17, 15) is 4.79 Å². The number of fused-ring (bicyclic) bond motifs is 1. The predicted molar refractivity (Wildman–Crippen MR) is 60.4 cm³/mol. The van der Waals surface area contributed by atoms with Crippen LogP contribution in [0.2, 0.25) is 0 Å². The fourth-order valence-electron chi connectivity index (χ4n) is 1.38. The molecule has 1 atom stereocenters. The van der Waals surface area contributed by atoms with Gasteiger partial charge in [-0.05, 0) is 24.6 Å². The highest BCUT2D eigenvalue weighted by Crippen LogP contribution is 2.29. The van der Waals surface area contributed by atoms with Crippen molar-refractivity contribution in [3.63, 3.8) is 0 Å². The Morgan fingerprint density at radius 2 is 2.27 bits per heavy atom. The molecule has 2 rings (SSSR count). The molecule has 0 radical (unpaired) electrons. The summed E-state index contributed by atoms with van der Waals surface area (Å²) in [4.78, 5) is 11.0. The van der Waals surface area contributed by atoms with Gasteiger partial charge in [0.15, 0.2) is 6.61 Å². The largest absolute Gasteiger partial charge is 0.482 e. The molecule has 1 amide bonds. The van der Waals surface area contributed by atoms with E-state index in [1.807, 2.05) is 25.1 Å². The Morgan fingerprint density at radius 1 is 1.53 bits per heavy atom. The first-order valence-corrected chi connectivity index (χ1v) is 4.49. The van der Waals surface area contributed by atoms with Gasteiger partial charge in [0.1, 0.15) is 5.75 Å². The normalized spacial score (nSPS) is 15.5. The number of carbonyl (C=O) groups is 1. The first kappa shape index (κ1) is 11.8. The lowest BCUT2D eigenvalue weighted by Gasteiger charge is -2.19. The zero-order chi connectivity index (χ0) is 10.1. The van der Waals surface area contributed by atoms with Crippen molar-refractivity contribution in [3.8, 4) is 5.75 Å². The molecule has 0 saturated carbocycles. The number of rotatable bonds is 1. The lowest BCUT2D eigenvalue weighted by molar-refractivity contribution is -0.118. The zero-order valence-corrected chi connectivity index (χ0v) is 9.14. The number of carbonyl (C=O) groups excluding carboxylic acids is 1. The third kappa shape index (κ3) is 2.40. The quantitative estimate of drug-likeness (QED) is 0.765. The molecule has 1 aliphatic heterocycles. The monoisotopic (exact) mass is 228 g/mol. The predicted octanol–water partition coefficient (Wildman–Crippen LogP) is 1.46. The third-order valence-electron chi connectivity index (χ3n) is 2.16. The maximum absolute atomic E-state index is 11.0. The standard InChI is InChI=1S/C10H12N2O2.ClH/c1-6(11)7-2-3-9-8(4-7)12-10(13)5-14-9;/h2-4,6H,5,11H2,1H3,(H,12,13);1H. The molecule has 3 N–H and O–H groups in total. The second-order valence-electron chi connectivity index (χ2n) is 3.38. The number of ether oxygens (including phenoxy) is 1. The molecule has 82 valence electrons. The Labute approximate surface area is 94.2 Å². The van der Waals surface area contributed by atoms with E-state index in [0.29, 0.717) is 11.4 Å². The number of anilines is 1. The second-order valence-corrected chi connectivity index (χ2v) is 3.38. The molecule has 0 fully saturated rings. The highest BCUT2D eigenvalue weighted by atomic mass is 35.5. The maximum Gasteiger partial charge on any atom is 0.262 e. The van der Waals surface area contributed by atoms with Crippen LogP contribution < -0.4 is 15.8 Å². The van der Waals surface area contributed by atoms with Crippen LogP contribution in [0.15, 0.2) is 18.2 Å². The van der Waals surface area contributed by atoms with Crippen LogP contribution in [0.4, 0.5) is 5.69 Å². The molecule has 1 heterocycles. The van der Waals surface area contributed by atoms with Crippen LogP contribution in [0.25, 0.3) is 0 Å². The fraction of sp³-hybridized carbons (Fsp3) is 0.300. The van der Waals surface area contributed by atoms with Crippen LogP contribution >= 0.6 is 12.4 Å². The van der Waals surface area contributed by atoms with E-state index < -0.39 is 0 Å². The van der Waals surface area contributed by atoms with Gasteiger partial charge in [0, 0.05) is 6.04 Å². The first-order chi connectivity index (χ1) is 6.66. The minimum Gasteiger partial charge on any atom is -0.482 e. The van der Waals surface area contributed by atoms with Gasteiger partial charge in [-0.1, -0.05) is 6.07 Å². The minimum absolute atomic E-state index is 0. The van der Waals surface area contributed by atoms with Gasteiger partial charge in [0.2, 0.25) is 0 Å². The van der Waals surface area contributed by atoms with E-state index in [0.717, 1.165) is 5.56 Å². The lowest BCUT2D eigenvalue weighted by atomic mass is 10.1. The summed E-state index contributed by atoms with van der Waals surface area (Å²) in [5.74, 6) is 0.577. The van der Waals surface area contributed by atoms with Crippen molar-refractivity contribution in [3.05, 3.63) is 23.8 Å². The Bertz CT molecular complexity index is 380. The maximum atomic E-state index is 11.0. The summed E-state index contributed by atoms with van der Waals surface area (Å²) >= 11 is 0. The molecule has 0 saturated heterocycles. The van der Waals surface area contributed by atoms with Crippen molar-refractivity contribution in [1.82, 2.24) is 0 Å². The lowest BCUT2D eigenvalue weighted by Crippen LogP contribution is -2.25. The van der Waals surface area contributed by atoms with E-state index in [4.69, 9.17) is 10.5 Å². The van der Waals surface area contributed by atoms with Crippen molar-refractivity contribution < 1.29 is 9.53 Å². The molecule has 1 aliphatic rings. The summed E-state index contributed by atoms with van der Waals surface area (Å²) in [5, 5.41) is 2.74. The average Bonchev–Trinajstić information content (AvgIpc) is 2.16. The fourth-order valence-corrected chi connectivity index (χ4v) is 1.38. The van der Waals surface area contributed by atoms with Crippen LogP contribution in [-0.2, 0) is 4.79 Å². The molecule has 5 heteroatoms. The molecule has 4 nitrogen and oxygen atoms in total. The number of hydrogen-bond acceptors (Lipinski definition) is 3. The van der Waals surface area contributed by atoms with Crippen molar-refractivity contribution in [1.29, 1.82) is 0 Å². The Kier molecular flexibility index (Phi) is 3.55. The van der Waals surface area contributed by atoms with Gasteiger partial charge in [-0.25, -0.2) is 0 Å². The van der Waals surface area contributed by atoms with Crippen LogP contribution in [0.1, 0.15) is 18.5 Å². The summed E-state index contributed by atoms with van der Waals surface area (Å²) in [6.07, 6.45) is 0. The molecule has 0 spiro atoms. The van der Waals surface area contributed by atoms with Crippen LogP contribution in [-0.4, -0.2) is 12.5 Å². The molecule has 15 heavy (non-hydrogen) atoms. The van der Waals surface area contributed by atoms with Crippen molar-refractivity contribution in [2.45, 2.75) is 13.0 Å². The van der Waals surface area contributed by atoms with Crippen molar-refractivity contribution >= 4 is 24.0 Å². The summed E-state index contributed by atoms with van der Waals surface area (Å²) in [5.41, 5.74) is 7.41. The van der Waals surface area contributed by atoms with Crippen LogP contribution in [0, 0.1) is 0 Å². The van der Waals surface area contributed by atoms with Crippen LogP contribution in [0.5, 0.6) is 5.75 Å². The SMILES string of the molecule is CC(N)c1ccc2c(c1)NC(=O)CO2.Cl. The molecule has 1 unspecified atom stereocenters. The molecule has 0 bridgehead atoms. The number of benzene rings is 1. The van der Waals surface area contributed by atoms with Gasteiger partial charge in [-0.15, -0.1) is 12.4 Å². The number of amides is 1. The zero-order valence-electron chi connectivity index (χ0n) is 8.32. The van der Waals surface area contributed by atoms with E-state index in [2.05, 4.69) is 5.32 Å². The summed E-state index contributed by atoms with van der Waals surface area (Å²) in [7, 11) is 0. The van der Waals surface area contributed by atoms with Gasteiger partial charge < -0.3 is 15.8 Å². The highest BCUT2D eigenvalue weighted by molar-refractivity contribution is 5.95. The van der Waals surface area contributed by atoms with E-state index in [-0.39, 0.29) is 31.0 Å². The van der Waals surface area contributed by atoms with Crippen LogP contribution in [0.3, 0.4) is 0 Å². The van der Waals surface area contributed by atoms with E-state index >= 15 is 0 Å². The Hall–Kier alpha value is -1.26. The third-order valence-corrected chi connectivity index (χ3v) is 2.16. The van der Waals surface area contributed by atoms with Crippen molar-refractivity contribution in [2.75, 3.05) is 11.9 Å². The van der Waals surface area contributed by atoms with Gasteiger partial charge in [-0.3, -0.25) is 4.79 Å². The molecule has 0 aliphatic carbocycles. The number of hydrogen-bond donors (Lipinski definition) is 2. The number of nitrogens with one attached hydrogen (secondary N) is 1. The summed E-state index contributed by atoms with van der Waals surface area (Å²) in [6.45, 7) is 1.98. The highest BCUT2D eigenvalue weighted by Gasteiger charge is 2.16. The molecule has 1 aromatic rings. The molecular formula is C10H13ClN2O2. The number of halogens is 1. The smallest absolute Gasteiger partial charge is 0.262 e. The van der Waals surface area contributed by atoms with Gasteiger partial charge in [0.25, 0.3) is 5.91 Å². The molecule has 1 aromatic carbocycles. The Balaban J connectivity index is 0.00000112. The van der Waals surface area contributed by atoms with Gasteiger partial charge in [0.05, 0.1) is 5.69 Å². The van der Waals surface area contributed by atoms with E-state index in [1.54, 1.807) is 0 Å². The molecule has 0 aromatic heterocycles.